The summed E-state index contributed by atoms with van der Waals surface area (Å²) < 4.78 is 0. The third-order valence-corrected chi connectivity index (χ3v) is 5.27. The third kappa shape index (κ3) is 6.67. The molecule has 0 spiro atoms. The molecule has 0 aliphatic carbocycles. The lowest BCUT2D eigenvalue weighted by atomic mass is 10.0. The van der Waals surface area contributed by atoms with Gasteiger partial charge in [-0.05, 0) is 39.2 Å². The lowest BCUT2D eigenvalue weighted by Crippen LogP contribution is -2.51. The molecule has 24 heavy (non-hydrogen) atoms. The van der Waals surface area contributed by atoms with E-state index >= 15 is 0 Å². The molecule has 2 fully saturated rings. The number of hydrogen-bond donors (Lipinski definition) is 1. The second-order valence-electron chi connectivity index (χ2n) is 7.21. The van der Waals surface area contributed by atoms with Crippen molar-refractivity contribution in [1.29, 1.82) is 0 Å². The van der Waals surface area contributed by atoms with Crippen LogP contribution < -0.4 is 5.32 Å². The van der Waals surface area contributed by atoms with E-state index in [2.05, 4.69) is 47.7 Å². The van der Waals surface area contributed by atoms with Crippen molar-refractivity contribution in [2.24, 2.45) is 10.9 Å². The van der Waals surface area contributed by atoms with Crippen molar-refractivity contribution in [2.75, 3.05) is 58.9 Å². The van der Waals surface area contributed by atoms with E-state index < -0.39 is 0 Å². The Balaban J connectivity index is 0.00000288. The Hall–Kier alpha value is -0.0800. The van der Waals surface area contributed by atoms with Gasteiger partial charge in [-0.1, -0.05) is 13.8 Å². The molecule has 1 N–H and O–H groups in total. The molecule has 6 heteroatoms. The molecule has 2 heterocycles. The van der Waals surface area contributed by atoms with Crippen LogP contribution in [-0.4, -0.2) is 85.6 Å². The molecule has 2 atom stereocenters. The van der Waals surface area contributed by atoms with Crippen LogP contribution in [0.25, 0.3) is 0 Å². The maximum Gasteiger partial charge on any atom is 0.193 e. The molecule has 2 saturated heterocycles. The van der Waals surface area contributed by atoms with E-state index in [1.54, 1.807) is 0 Å². The predicted molar refractivity (Wildman–Crippen MR) is 115 cm³/mol. The van der Waals surface area contributed by atoms with E-state index in [1.807, 2.05) is 0 Å². The monoisotopic (exact) mass is 451 g/mol. The van der Waals surface area contributed by atoms with Gasteiger partial charge in [-0.15, -0.1) is 24.0 Å². The number of nitrogens with zero attached hydrogens (tertiary/aromatic N) is 4. The summed E-state index contributed by atoms with van der Waals surface area (Å²) in [5, 5.41) is 3.50. The average Bonchev–Trinajstić information content (AvgIpc) is 2.58. The Morgan fingerprint density at radius 2 is 1.88 bits per heavy atom. The molecule has 2 rings (SSSR count). The smallest absolute Gasteiger partial charge is 0.193 e. The van der Waals surface area contributed by atoms with Gasteiger partial charge >= 0.3 is 0 Å². The van der Waals surface area contributed by atoms with Crippen molar-refractivity contribution in [3.8, 4) is 0 Å². The number of guanidine groups is 1. The summed E-state index contributed by atoms with van der Waals surface area (Å²) in [6.07, 6.45) is 2.65. The molecule has 2 aliphatic heterocycles. The highest BCUT2D eigenvalue weighted by molar-refractivity contribution is 14.0. The number of halogens is 1. The molecule has 5 nitrogen and oxygen atoms in total. The topological polar surface area (TPSA) is 34.1 Å². The van der Waals surface area contributed by atoms with E-state index in [9.17, 15) is 0 Å². The zero-order valence-electron chi connectivity index (χ0n) is 16.1. The minimum Gasteiger partial charge on any atom is -0.357 e. The standard InChI is InChI=1S/C18H37N5.HI/c1-5-19-18(23-9-7-8-16(3)15-23)20-14-17(4)22-12-10-21(6-2)11-13-22;/h16-17H,5-15H2,1-4H3,(H,19,20);1H. The predicted octanol–water partition coefficient (Wildman–Crippen LogP) is 2.33. The molecule has 0 bridgehead atoms. The van der Waals surface area contributed by atoms with E-state index in [-0.39, 0.29) is 24.0 Å². The van der Waals surface area contributed by atoms with Crippen LogP contribution in [0.1, 0.15) is 40.5 Å². The molecule has 0 saturated carbocycles. The van der Waals surface area contributed by atoms with Gasteiger partial charge in [-0.3, -0.25) is 9.89 Å². The first-order valence-corrected chi connectivity index (χ1v) is 9.63. The highest BCUT2D eigenvalue weighted by atomic mass is 127. The summed E-state index contributed by atoms with van der Waals surface area (Å²) in [7, 11) is 0. The summed E-state index contributed by atoms with van der Waals surface area (Å²) in [5.41, 5.74) is 0. The molecule has 2 unspecified atom stereocenters. The largest absolute Gasteiger partial charge is 0.357 e. The molecule has 0 aromatic carbocycles. The Kier molecular flexibility index (Phi) is 10.5. The van der Waals surface area contributed by atoms with Crippen LogP contribution in [0.3, 0.4) is 0 Å². The van der Waals surface area contributed by atoms with Crippen LogP contribution in [0.4, 0.5) is 0 Å². The number of likely N-dealkylation sites (N-methyl/N-ethyl adjacent to an activating group) is 1. The molecule has 0 aromatic rings. The first-order chi connectivity index (χ1) is 11.1. The van der Waals surface area contributed by atoms with Crippen LogP contribution in [-0.2, 0) is 0 Å². The van der Waals surface area contributed by atoms with Crippen molar-refractivity contribution in [3.05, 3.63) is 0 Å². The molecular formula is C18H38IN5. The first kappa shape index (κ1) is 22.0. The van der Waals surface area contributed by atoms with E-state index in [4.69, 9.17) is 4.99 Å². The Morgan fingerprint density at radius 1 is 1.17 bits per heavy atom. The van der Waals surface area contributed by atoms with Gasteiger partial charge in [0.25, 0.3) is 0 Å². The van der Waals surface area contributed by atoms with Gasteiger partial charge in [0, 0.05) is 51.9 Å². The van der Waals surface area contributed by atoms with Crippen molar-refractivity contribution in [1.82, 2.24) is 20.0 Å². The lowest BCUT2D eigenvalue weighted by molar-refractivity contribution is 0.109. The fraction of sp³-hybridized carbons (Fsp3) is 0.944. The van der Waals surface area contributed by atoms with E-state index in [0.29, 0.717) is 6.04 Å². The van der Waals surface area contributed by atoms with Crippen LogP contribution in [0.2, 0.25) is 0 Å². The lowest BCUT2D eigenvalue weighted by Gasteiger charge is -2.37. The van der Waals surface area contributed by atoms with Crippen molar-refractivity contribution >= 4 is 29.9 Å². The minimum atomic E-state index is 0. The second kappa shape index (κ2) is 11.5. The minimum absolute atomic E-state index is 0. The molecular weight excluding hydrogens is 413 g/mol. The van der Waals surface area contributed by atoms with Gasteiger partial charge in [0.1, 0.15) is 0 Å². The van der Waals surface area contributed by atoms with Gasteiger partial charge in [0.15, 0.2) is 5.96 Å². The van der Waals surface area contributed by atoms with Gasteiger partial charge in [-0.2, -0.15) is 0 Å². The van der Waals surface area contributed by atoms with Gasteiger partial charge in [0.05, 0.1) is 6.54 Å². The number of rotatable bonds is 5. The highest BCUT2D eigenvalue weighted by Gasteiger charge is 2.22. The summed E-state index contributed by atoms with van der Waals surface area (Å²) in [6.45, 7) is 19.2. The summed E-state index contributed by atoms with van der Waals surface area (Å²) in [6, 6.07) is 0.532. The summed E-state index contributed by atoms with van der Waals surface area (Å²) in [4.78, 5) is 12.5. The number of nitrogens with one attached hydrogen (secondary N) is 1. The molecule has 0 aromatic heterocycles. The number of piperidine rings is 1. The SMILES string of the molecule is CCNC(=NCC(C)N1CCN(CC)CC1)N1CCCC(C)C1.I. The van der Waals surface area contributed by atoms with Crippen molar-refractivity contribution in [3.63, 3.8) is 0 Å². The second-order valence-corrected chi connectivity index (χ2v) is 7.21. The molecule has 0 radical (unpaired) electrons. The fourth-order valence-electron chi connectivity index (χ4n) is 3.66. The van der Waals surface area contributed by atoms with Crippen LogP contribution in [0, 0.1) is 5.92 Å². The zero-order chi connectivity index (χ0) is 16.7. The molecule has 2 aliphatic rings. The van der Waals surface area contributed by atoms with Gasteiger partial charge < -0.3 is 15.1 Å². The first-order valence-electron chi connectivity index (χ1n) is 9.63. The summed E-state index contributed by atoms with van der Waals surface area (Å²) >= 11 is 0. The number of aliphatic imine (C=N–C) groups is 1. The van der Waals surface area contributed by atoms with Crippen LogP contribution in [0.15, 0.2) is 4.99 Å². The van der Waals surface area contributed by atoms with Crippen molar-refractivity contribution in [2.45, 2.75) is 46.6 Å². The Bertz CT molecular complexity index is 368. The highest BCUT2D eigenvalue weighted by Crippen LogP contribution is 2.15. The number of piperazine rings is 1. The maximum absolute atomic E-state index is 4.96. The number of likely N-dealkylation sites (tertiary alicyclic amines) is 1. The maximum atomic E-state index is 4.96. The van der Waals surface area contributed by atoms with Gasteiger partial charge in [0.2, 0.25) is 0 Å². The van der Waals surface area contributed by atoms with Crippen LogP contribution >= 0.6 is 24.0 Å². The Labute approximate surface area is 166 Å². The molecule has 0 amide bonds. The van der Waals surface area contributed by atoms with E-state index in [0.717, 1.165) is 38.1 Å². The Morgan fingerprint density at radius 3 is 2.46 bits per heavy atom. The van der Waals surface area contributed by atoms with E-state index in [1.165, 1.54) is 45.6 Å². The average molecular weight is 451 g/mol. The van der Waals surface area contributed by atoms with Gasteiger partial charge in [-0.25, -0.2) is 0 Å². The van der Waals surface area contributed by atoms with Crippen molar-refractivity contribution < 1.29 is 0 Å². The summed E-state index contributed by atoms with van der Waals surface area (Å²) in [5.74, 6) is 1.91. The zero-order valence-corrected chi connectivity index (χ0v) is 18.5. The normalized spacial score (nSPS) is 25.2. The fourth-order valence-corrected chi connectivity index (χ4v) is 3.66. The quantitative estimate of drug-likeness (QED) is 0.395. The molecule has 142 valence electrons. The third-order valence-electron chi connectivity index (χ3n) is 5.27. The number of hydrogen-bond acceptors (Lipinski definition) is 3. The van der Waals surface area contributed by atoms with Crippen LogP contribution in [0.5, 0.6) is 0 Å².